The van der Waals surface area contributed by atoms with Crippen LogP contribution < -0.4 is 0 Å². The Balaban J connectivity index is 3.40. The van der Waals surface area contributed by atoms with Crippen LogP contribution in [0.25, 0.3) is 0 Å². The summed E-state index contributed by atoms with van der Waals surface area (Å²) in [6.45, 7) is 4.78. The van der Waals surface area contributed by atoms with Crippen LogP contribution in [-0.2, 0) is 9.63 Å². The maximum Gasteiger partial charge on any atom is 0.326 e. The molecule has 0 N–H and O–H groups in total. The maximum absolute atomic E-state index is 10.9. The first kappa shape index (κ1) is 11.9. The van der Waals surface area contributed by atoms with Crippen LogP contribution in [0.4, 0.5) is 0 Å². The molecule has 0 atom stereocenters. The third-order valence-corrected chi connectivity index (χ3v) is 1.84. The molecule has 0 radical (unpaired) electrons. The zero-order chi connectivity index (χ0) is 9.40. The summed E-state index contributed by atoms with van der Waals surface area (Å²) in [5.41, 5.74) is 0. The van der Waals surface area contributed by atoms with Gasteiger partial charge in [-0.25, -0.2) is 0 Å². The highest BCUT2D eigenvalue weighted by Crippen LogP contribution is 2.04. The highest BCUT2D eigenvalue weighted by molar-refractivity contribution is 9.07. The molecule has 3 nitrogen and oxygen atoms in total. The van der Waals surface area contributed by atoms with Crippen LogP contribution in [-0.4, -0.2) is 16.6 Å². The van der Waals surface area contributed by atoms with E-state index in [9.17, 15) is 4.79 Å². The van der Waals surface area contributed by atoms with E-state index < -0.39 is 0 Å². The third kappa shape index (κ3) is 6.61. The average Bonchev–Trinajstić information content (AvgIpc) is 2.01. The van der Waals surface area contributed by atoms with E-state index in [0.29, 0.717) is 6.42 Å². The van der Waals surface area contributed by atoms with E-state index in [1.54, 1.807) is 0 Å². The quantitative estimate of drug-likeness (QED) is 0.526. The molecule has 0 aliphatic rings. The molecule has 12 heavy (non-hydrogen) atoms. The Morgan fingerprint density at radius 1 is 1.42 bits per heavy atom. The topological polar surface area (TPSA) is 29.5 Å². The summed E-state index contributed by atoms with van der Waals surface area (Å²) >= 11 is 3.14. The number of hydroxylamine groups is 1. The second-order valence-electron chi connectivity index (χ2n) is 2.61. The Hall–Kier alpha value is -0.0900. The molecule has 0 aliphatic carbocycles. The van der Waals surface area contributed by atoms with Crippen LogP contribution in [0.5, 0.6) is 0 Å². The molecule has 0 spiro atoms. The van der Waals surface area contributed by atoms with Crippen LogP contribution in [0.2, 0.25) is 0 Å². The Labute approximate surface area is 82.4 Å². The van der Waals surface area contributed by atoms with E-state index in [-0.39, 0.29) is 5.97 Å². The van der Waals surface area contributed by atoms with Crippen LogP contribution in [0, 0.1) is 0 Å². The summed E-state index contributed by atoms with van der Waals surface area (Å²) in [6.07, 6.45) is 3.42. The summed E-state index contributed by atoms with van der Waals surface area (Å²) in [5.74, 6) is -0.175. The second kappa shape index (κ2) is 7.55. The zero-order valence-electron chi connectivity index (χ0n) is 7.68. The molecule has 0 saturated heterocycles. The van der Waals surface area contributed by atoms with Gasteiger partial charge in [-0.1, -0.05) is 24.4 Å². The van der Waals surface area contributed by atoms with Crippen LogP contribution in [0.3, 0.4) is 0 Å². The number of unbranched alkanes of at least 4 members (excludes halogenated alkanes) is 1. The minimum atomic E-state index is -0.175. The molecular formula is C8H16BrNO2. The van der Waals surface area contributed by atoms with Gasteiger partial charge in [0.25, 0.3) is 0 Å². The van der Waals surface area contributed by atoms with E-state index in [2.05, 4.69) is 23.1 Å². The Bertz CT molecular complexity index is 130. The van der Waals surface area contributed by atoms with Crippen molar-refractivity contribution >= 4 is 22.1 Å². The molecule has 0 heterocycles. The lowest BCUT2D eigenvalue weighted by atomic mass is 10.3. The minimum Gasteiger partial charge on any atom is -0.357 e. The average molecular weight is 238 g/mol. The number of carbonyl (C=O) groups is 1. The summed E-state index contributed by atoms with van der Waals surface area (Å²) in [5, 5.41) is 0. The molecule has 0 aromatic carbocycles. The summed E-state index contributed by atoms with van der Waals surface area (Å²) < 4.78 is 1.43. The van der Waals surface area contributed by atoms with Gasteiger partial charge in [0.05, 0.1) is 16.1 Å². The number of hydrogen-bond acceptors (Lipinski definition) is 3. The number of hydrogen-bond donors (Lipinski definition) is 0. The molecule has 0 aromatic heterocycles. The molecular weight excluding hydrogens is 222 g/mol. The van der Waals surface area contributed by atoms with Crippen molar-refractivity contribution in [2.45, 2.75) is 39.5 Å². The minimum absolute atomic E-state index is 0.175. The molecule has 0 aliphatic heterocycles. The van der Waals surface area contributed by atoms with Gasteiger partial charge in [0, 0.05) is 13.0 Å². The van der Waals surface area contributed by atoms with Gasteiger partial charge in [0.2, 0.25) is 0 Å². The lowest BCUT2D eigenvalue weighted by molar-refractivity contribution is -0.166. The fourth-order valence-corrected chi connectivity index (χ4v) is 1.10. The summed E-state index contributed by atoms with van der Waals surface area (Å²) in [6, 6.07) is 0. The largest absolute Gasteiger partial charge is 0.357 e. The van der Waals surface area contributed by atoms with Crippen LogP contribution in [0.15, 0.2) is 0 Å². The first-order valence-electron chi connectivity index (χ1n) is 4.34. The van der Waals surface area contributed by atoms with Crippen molar-refractivity contribution in [3.05, 3.63) is 0 Å². The van der Waals surface area contributed by atoms with Gasteiger partial charge in [-0.3, -0.25) is 4.79 Å². The fourth-order valence-electron chi connectivity index (χ4n) is 0.688. The molecule has 0 rings (SSSR count). The molecule has 0 saturated carbocycles. The number of carbonyl (C=O) groups excluding carboxylic acids is 1. The predicted octanol–water partition coefficient (Wildman–Crippen LogP) is 2.66. The zero-order valence-corrected chi connectivity index (χ0v) is 9.26. The molecule has 0 bridgehead atoms. The molecule has 72 valence electrons. The van der Waals surface area contributed by atoms with Crippen molar-refractivity contribution in [2.24, 2.45) is 0 Å². The highest BCUT2D eigenvalue weighted by Gasteiger charge is 2.06. The van der Waals surface area contributed by atoms with Gasteiger partial charge in [-0.2, -0.15) is 0 Å². The summed E-state index contributed by atoms with van der Waals surface area (Å²) in [7, 11) is 0. The first-order valence-corrected chi connectivity index (χ1v) is 5.05. The molecule has 0 unspecified atom stereocenters. The van der Waals surface area contributed by atoms with Crippen molar-refractivity contribution < 1.29 is 9.63 Å². The summed E-state index contributed by atoms with van der Waals surface area (Å²) in [4.78, 5) is 15.8. The highest BCUT2D eigenvalue weighted by atomic mass is 79.9. The SMILES string of the molecule is CCCCN(Br)OC(=O)CCC. The Morgan fingerprint density at radius 2 is 2.08 bits per heavy atom. The van der Waals surface area contributed by atoms with Gasteiger partial charge in [0.15, 0.2) is 0 Å². The van der Waals surface area contributed by atoms with E-state index in [0.717, 1.165) is 25.8 Å². The third-order valence-electron chi connectivity index (χ3n) is 1.34. The lowest BCUT2D eigenvalue weighted by Crippen LogP contribution is -2.18. The molecule has 0 aromatic rings. The number of halogens is 1. The van der Waals surface area contributed by atoms with Crippen molar-refractivity contribution in [1.29, 1.82) is 0 Å². The lowest BCUT2D eigenvalue weighted by Gasteiger charge is -2.12. The van der Waals surface area contributed by atoms with E-state index in [1.807, 2.05) is 6.92 Å². The Morgan fingerprint density at radius 3 is 2.58 bits per heavy atom. The van der Waals surface area contributed by atoms with Gasteiger partial charge < -0.3 is 4.84 Å². The molecule has 0 amide bonds. The smallest absolute Gasteiger partial charge is 0.326 e. The standard InChI is InChI=1S/C8H16BrNO2/c1-3-5-7-10(9)12-8(11)6-4-2/h3-7H2,1-2H3. The number of rotatable bonds is 6. The molecule has 4 heteroatoms. The monoisotopic (exact) mass is 237 g/mol. The Kier molecular flexibility index (Phi) is 7.50. The van der Waals surface area contributed by atoms with Gasteiger partial charge in [-0.05, 0) is 12.8 Å². The van der Waals surface area contributed by atoms with Crippen LogP contribution in [0.1, 0.15) is 39.5 Å². The van der Waals surface area contributed by atoms with Gasteiger partial charge in [0.1, 0.15) is 0 Å². The molecule has 0 fully saturated rings. The van der Waals surface area contributed by atoms with Crippen molar-refractivity contribution in [2.75, 3.05) is 6.54 Å². The van der Waals surface area contributed by atoms with Crippen molar-refractivity contribution in [1.82, 2.24) is 4.09 Å². The maximum atomic E-state index is 10.9. The van der Waals surface area contributed by atoms with E-state index >= 15 is 0 Å². The second-order valence-corrected chi connectivity index (χ2v) is 3.40. The van der Waals surface area contributed by atoms with E-state index in [1.165, 1.54) is 4.09 Å². The number of nitrogens with zero attached hydrogens (tertiary/aromatic N) is 1. The van der Waals surface area contributed by atoms with Crippen molar-refractivity contribution in [3.8, 4) is 0 Å². The first-order chi connectivity index (χ1) is 5.70. The van der Waals surface area contributed by atoms with E-state index in [4.69, 9.17) is 4.84 Å². The van der Waals surface area contributed by atoms with Gasteiger partial charge >= 0.3 is 5.97 Å². The normalized spacial score (nSPS) is 10.3. The van der Waals surface area contributed by atoms with Gasteiger partial charge in [-0.15, -0.1) is 0 Å². The fraction of sp³-hybridized carbons (Fsp3) is 0.875. The van der Waals surface area contributed by atoms with Crippen molar-refractivity contribution in [3.63, 3.8) is 0 Å². The predicted molar refractivity (Wildman–Crippen MR) is 51.5 cm³/mol. The van der Waals surface area contributed by atoms with Crippen LogP contribution >= 0.6 is 16.1 Å².